The third-order valence-electron chi connectivity index (χ3n) is 4.96. The molecule has 158 valence electrons. The van der Waals surface area contributed by atoms with E-state index in [0.717, 1.165) is 5.56 Å². The Labute approximate surface area is 181 Å². The maximum Gasteiger partial charge on any atom is 0.236 e. The topological polar surface area (TPSA) is 72.6 Å². The quantitative estimate of drug-likeness (QED) is 0.575. The van der Waals surface area contributed by atoms with Crippen LogP contribution in [-0.2, 0) is 14.6 Å². The molecular weight excluding hydrogens is 424 g/mol. The first-order valence-corrected chi connectivity index (χ1v) is 11.6. The van der Waals surface area contributed by atoms with Gasteiger partial charge < -0.3 is 14.1 Å². The summed E-state index contributed by atoms with van der Waals surface area (Å²) < 4.78 is 38.8. The normalized spacial score (nSPS) is 19.8. The molecule has 0 amide bonds. The Morgan fingerprint density at radius 1 is 1.00 bits per heavy atom. The van der Waals surface area contributed by atoms with Crippen LogP contribution in [0.4, 0.5) is 5.88 Å². The van der Waals surface area contributed by atoms with Crippen molar-refractivity contribution in [3.05, 3.63) is 59.1 Å². The summed E-state index contributed by atoms with van der Waals surface area (Å²) in [5.41, 5.74) is 1.81. The number of aryl methyl sites for hydroxylation is 1. The zero-order valence-corrected chi connectivity index (χ0v) is 18.6. The number of benzene rings is 2. The van der Waals surface area contributed by atoms with Crippen molar-refractivity contribution in [2.45, 2.75) is 42.9 Å². The van der Waals surface area contributed by atoms with Gasteiger partial charge in [0, 0.05) is 23.7 Å². The van der Waals surface area contributed by atoms with Crippen LogP contribution in [0, 0.1) is 6.92 Å². The van der Waals surface area contributed by atoms with E-state index in [1.807, 2.05) is 49.9 Å². The number of sulfone groups is 1. The van der Waals surface area contributed by atoms with Gasteiger partial charge in [0.05, 0.1) is 17.1 Å². The number of oxazole rings is 1. The number of aromatic nitrogens is 1. The lowest BCUT2D eigenvalue weighted by molar-refractivity contribution is -0.00657. The smallest absolute Gasteiger partial charge is 0.236 e. The largest absolute Gasteiger partial charge is 0.419 e. The van der Waals surface area contributed by atoms with E-state index < -0.39 is 9.84 Å². The maximum atomic E-state index is 13.4. The highest BCUT2D eigenvalue weighted by molar-refractivity contribution is 7.91. The van der Waals surface area contributed by atoms with E-state index in [0.29, 0.717) is 23.7 Å². The molecule has 1 fully saturated rings. The molecule has 2 aromatic carbocycles. The van der Waals surface area contributed by atoms with Crippen molar-refractivity contribution in [3.8, 4) is 11.5 Å². The molecule has 2 atom stereocenters. The van der Waals surface area contributed by atoms with Crippen molar-refractivity contribution in [2.75, 3.05) is 18.0 Å². The van der Waals surface area contributed by atoms with E-state index in [2.05, 4.69) is 4.98 Å². The van der Waals surface area contributed by atoms with Crippen LogP contribution < -0.4 is 4.90 Å². The fourth-order valence-corrected chi connectivity index (χ4v) is 5.01. The second-order valence-corrected chi connectivity index (χ2v) is 9.92. The lowest BCUT2D eigenvalue weighted by atomic mass is 10.1. The van der Waals surface area contributed by atoms with Gasteiger partial charge in [0.2, 0.25) is 26.6 Å². The highest BCUT2D eigenvalue weighted by Crippen LogP contribution is 2.36. The van der Waals surface area contributed by atoms with Crippen LogP contribution in [-0.4, -0.2) is 38.7 Å². The molecule has 0 N–H and O–H groups in total. The van der Waals surface area contributed by atoms with Gasteiger partial charge in [0.15, 0.2) is 0 Å². The minimum atomic E-state index is -3.91. The van der Waals surface area contributed by atoms with Gasteiger partial charge in [-0.05, 0) is 57.2 Å². The Balaban J connectivity index is 1.85. The van der Waals surface area contributed by atoms with E-state index in [1.165, 1.54) is 12.1 Å². The zero-order valence-electron chi connectivity index (χ0n) is 17.0. The molecule has 1 aromatic heterocycles. The van der Waals surface area contributed by atoms with Gasteiger partial charge in [-0.15, -0.1) is 0 Å². The van der Waals surface area contributed by atoms with Crippen LogP contribution in [0.2, 0.25) is 5.02 Å². The van der Waals surface area contributed by atoms with Crippen LogP contribution in [0.15, 0.2) is 62.9 Å². The second-order valence-electron chi connectivity index (χ2n) is 7.62. The molecule has 6 nitrogen and oxygen atoms in total. The molecule has 0 aliphatic carbocycles. The molecule has 1 saturated heterocycles. The van der Waals surface area contributed by atoms with Crippen LogP contribution >= 0.6 is 11.6 Å². The first-order chi connectivity index (χ1) is 14.2. The summed E-state index contributed by atoms with van der Waals surface area (Å²) in [6.07, 6.45) is -0.125. The van der Waals surface area contributed by atoms with Gasteiger partial charge in [0.1, 0.15) is 0 Å². The van der Waals surface area contributed by atoms with Crippen molar-refractivity contribution in [2.24, 2.45) is 0 Å². The number of halogens is 1. The van der Waals surface area contributed by atoms with E-state index in [-0.39, 0.29) is 33.9 Å². The number of ether oxygens (including phenoxy) is 1. The molecular formula is C22H23ClN2O4S. The molecule has 1 aliphatic rings. The number of hydrogen-bond acceptors (Lipinski definition) is 6. The van der Waals surface area contributed by atoms with Gasteiger partial charge in [-0.2, -0.15) is 4.98 Å². The van der Waals surface area contributed by atoms with E-state index in [4.69, 9.17) is 20.8 Å². The van der Waals surface area contributed by atoms with Gasteiger partial charge >= 0.3 is 0 Å². The van der Waals surface area contributed by atoms with Crippen LogP contribution in [0.5, 0.6) is 0 Å². The third-order valence-corrected chi connectivity index (χ3v) is 6.88. The standard InChI is InChI=1S/C22H23ClN2O4S/c1-14-4-6-17(7-5-14)20-24-21(30(26,27)19-10-8-18(23)9-11-19)22(29-20)25-12-15(2)28-16(3)13-25/h4-11,15-16H,12-13H2,1-3H3/t15-,16-/m1/s1. The average Bonchev–Trinajstić information content (AvgIpc) is 3.14. The zero-order chi connectivity index (χ0) is 21.5. The molecule has 3 aromatic rings. The van der Waals surface area contributed by atoms with Gasteiger partial charge in [-0.3, -0.25) is 0 Å². The second kappa shape index (κ2) is 8.06. The first kappa shape index (κ1) is 20.9. The Hall–Kier alpha value is -2.35. The predicted molar refractivity (Wildman–Crippen MR) is 116 cm³/mol. The summed E-state index contributed by atoms with van der Waals surface area (Å²) in [6, 6.07) is 13.7. The number of nitrogens with zero attached hydrogens (tertiary/aromatic N) is 2. The number of hydrogen-bond donors (Lipinski definition) is 0. The summed E-state index contributed by atoms with van der Waals surface area (Å²) >= 11 is 5.94. The van der Waals surface area contributed by atoms with Gasteiger partial charge in [-0.1, -0.05) is 29.3 Å². The van der Waals surface area contributed by atoms with Gasteiger partial charge in [0.25, 0.3) is 0 Å². The van der Waals surface area contributed by atoms with E-state index >= 15 is 0 Å². The molecule has 0 spiro atoms. The first-order valence-electron chi connectivity index (χ1n) is 9.73. The summed E-state index contributed by atoms with van der Waals surface area (Å²) in [5.74, 6) is 0.506. The SMILES string of the molecule is Cc1ccc(-c2nc(S(=O)(=O)c3ccc(Cl)cc3)c(N3C[C@@H](C)O[C@H](C)C3)o2)cc1. The molecule has 8 heteroatoms. The number of morpholine rings is 1. The summed E-state index contributed by atoms with van der Waals surface area (Å²) in [4.78, 5) is 6.45. The van der Waals surface area contributed by atoms with E-state index in [9.17, 15) is 8.42 Å². The molecule has 0 unspecified atom stereocenters. The number of anilines is 1. The monoisotopic (exact) mass is 446 g/mol. The van der Waals surface area contributed by atoms with E-state index in [1.54, 1.807) is 12.1 Å². The maximum absolute atomic E-state index is 13.4. The van der Waals surface area contributed by atoms with Crippen LogP contribution in [0.25, 0.3) is 11.5 Å². The molecule has 2 heterocycles. The minimum Gasteiger partial charge on any atom is -0.419 e. The minimum absolute atomic E-state index is 0.0623. The fourth-order valence-electron chi connectivity index (χ4n) is 3.56. The molecule has 4 rings (SSSR count). The van der Waals surface area contributed by atoms with Crippen LogP contribution in [0.3, 0.4) is 0 Å². The Kier molecular flexibility index (Phi) is 5.61. The van der Waals surface area contributed by atoms with Crippen molar-refractivity contribution in [1.29, 1.82) is 0 Å². The highest BCUT2D eigenvalue weighted by atomic mass is 35.5. The highest BCUT2D eigenvalue weighted by Gasteiger charge is 2.34. The van der Waals surface area contributed by atoms with Crippen molar-refractivity contribution < 1.29 is 17.6 Å². The third kappa shape index (κ3) is 4.10. The summed E-state index contributed by atoms with van der Waals surface area (Å²) in [5, 5.41) is 0.368. The summed E-state index contributed by atoms with van der Waals surface area (Å²) in [6.45, 7) is 6.91. The fraction of sp³-hybridized carbons (Fsp3) is 0.318. The Morgan fingerprint density at radius 3 is 2.20 bits per heavy atom. The van der Waals surface area contributed by atoms with Crippen molar-refractivity contribution >= 4 is 27.3 Å². The lowest BCUT2D eigenvalue weighted by Crippen LogP contribution is -2.45. The number of rotatable bonds is 4. The average molecular weight is 447 g/mol. The molecule has 0 bridgehead atoms. The predicted octanol–water partition coefficient (Wildman–Crippen LogP) is 4.75. The van der Waals surface area contributed by atoms with Crippen LogP contribution in [0.1, 0.15) is 19.4 Å². The van der Waals surface area contributed by atoms with Crippen molar-refractivity contribution in [1.82, 2.24) is 4.98 Å². The molecule has 1 aliphatic heterocycles. The molecule has 0 radical (unpaired) electrons. The van der Waals surface area contributed by atoms with Crippen molar-refractivity contribution in [3.63, 3.8) is 0 Å². The van der Waals surface area contributed by atoms with Gasteiger partial charge in [-0.25, -0.2) is 8.42 Å². The Morgan fingerprint density at radius 2 is 1.60 bits per heavy atom. The lowest BCUT2D eigenvalue weighted by Gasteiger charge is -2.35. The molecule has 30 heavy (non-hydrogen) atoms. The Bertz CT molecular complexity index is 1130. The molecule has 0 saturated carbocycles. The summed E-state index contributed by atoms with van der Waals surface area (Å²) in [7, 11) is -3.91.